The van der Waals surface area contributed by atoms with Gasteiger partial charge in [-0.2, -0.15) is 0 Å². The molecule has 0 atom stereocenters. The summed E-state index contributed by atoms with van der Waals surface area (Å²) in [4.78, 5) is 11.6. The van der Waals surface area contributed by atoms with E-state index in [9.17, 15) is 4.79 Å². The second kappa shape index (κ2) is 6.05. The fraction of sp³-hybridized carbons (Fsp3) is 0.917. The lowest BCUT2D eigenvalue weighted by molar-refractivity contribution is -0.126. The zero-order valence-corrected chi connectivity index (χ0v) is 9.51. The minimum Gasteiger partial charge on any atom is -0.356 e. The Morgan fingerprint density at radius 2 is 1.86 bits per heavy atom. The van der Waals surface area contributed by atoms with Crippen LogP contribution in [0.1, 0.15) is 52.4 Å². The van der Waals surface area contributed by atoms with Crippen LogP contribution >= 0.6 is 0 Å². The van der Waals surface area contributed by atoms with Crippen LogP contribution in [-0.4, -0.2) is 12.5 Å². The van der Waals surface area contributed by atoms with E-state index in [-0.39, 0.29) is 5.91 Å². The molecular weight excluding hydrogens is 174 g/mol. The van der Waals surface area contributed by atoms with Gasteiger partial charge in [0.1, 0.15) is 0 Å². The Balaban J connectivity index is 2.24. The Bertz CT molecular complexity index is 171. The summed E-state index contributed by atoms with van der Waals surface area (Å²) in [5.41, 5.74) is 0. The van der Waals surface area contributed by atoms with Gasteiger partial charge in [0.15, 0.2) is 0 Å². The van der Waals surface area contributed by atoms with Crippen molar-refractivity contribution in [2.45, 2.75) is 52.4 Å². The number of carbonyl (C=O) groups excluding carboxylic acids is 1. The van der Waals surface area contributed by atoms with Crippen molar-refractivity contribution >= 4 is 5.91 Å². The highest BCUT2D eigenvalue weighted by Gasteiger charge is 2.25. The fourth-order valence-corrected chi connectivity index (χ4v) is 2.44. The van der Waals surface area contributed by atoms with E-state index in [2.05, 4.69) is 12.2 Å². The van der Waals surface area contributed by atoms with Crippen molar-refractivity contribution < 1.29 is 4.79 Å². The maximum atomic E-state index is 11.6. The van der Waals surface area contributed by atoms with Gasteiger partial charge in [0.2, 0.25) is 5.91 Å². The fourth-order valence-electron chi connectivity index (χ4n) is 2.44. The predicted molar refractivity (Wildman–Crippen MR) is 59.0 cm³/mol. The van der Waals surface area contributed by atoms with E-state index in [0.717, 1.165) is 25.3 Å². The van der Waals surface area contributed by atoms with Crippen molar-refractivity contribution in [2.75, 3.05) is 6.54 Å². The highest BCUT2D eigenvalue weighted by atomic mass is 16.1. The topological polar surface area (TPSA) is 29.1 Å². The summed E-state index contributed by atoms with van der Waals surface area (Å²) >= 11 is 0. The second-order valence-corrected chi connectivity index (χ2v) is 4.40. The summed E-state index contributed by atoms with van der Waals surface area (Å²) in [5, 5.41) is 2.92. The molecule has 14 heavy (non-hydrogen) atoms. The molecule has 0 spiro atoms. The second-order valence-electron chi connectivity index (χ2n) is 4.40. The maximum absolute atomic E-state index is 11.6. The first-order valence-corrected chi connectivity index (χ1v) is 6.05. The van der Waals surface area contributed by atoms with Gasteiger partial charge in [-0.05, 0) is 38.5 Å². The molecule has 2 heteroatoms. The first kappa shape index (κ1) is 11.5. The monoisotopic (exact) mass is 197 g/mol. The number of hydrogen-bond donors (Lipinski definition) is 1. The van der Waals surface area contributed by atoms with Crippen molar-refractivity contribution in [3.63, 3.8) is 0 Å². The van der Waals surface area contributed by atoms with Crippen LogP contribution in [0, 0.1) is 11.8 Å². The van der Waals surface area contributed by atoms with Gasteiger partial charge in [0.05, 0.1) is 0 Å². The van der Waals surface area contributed by atoms with E-state index in [0.29, 0.717) is 5.92 Å². The summed E-state index contributed by atoms with van der Waals surface area (Å²) < 4.78 is 0. The summed E-state index contributed by atoms with van der Waals surface area (Å²) in [6.45, 7) is 5.00. The predicted octanol–water partition coefficient (Wildman–Crippen LogP) is 2.73. The number of nitrogens with one attached hydrogen (secondary N) is 1. The van der Waals surface area contributed by atoms with Gasteiger partial charge in [-0.15, -0.1) is 0 Å². The molecule has 0 aromatic heterocycles. The third kappa shape index (κ3) is 3.32. The zero-order chi connectivity index (χ0) is 10.4. The molecule has 0 unspecified atom stereocenters. The van der Waals surface area contributed by atoms with Crippen molar-refractivity contribution in [1.29, 1.82) is 0 Å². The molecule has 0 radical (unpaired) electrons. The average Bonchev–Trinajstić information content (AvgIpc) is 2.20. The van der Waals surface area contributed by atoms with Crippen molar-refractivity contribution in [3.8, 4) is 0 Å². The van der Waals surface area contributed by atoms with Crippen molar-refractivity contribution in [2.24, 2.45) is 11.8 Å². The highest BCUT2D eigenvalue weighted by molar-refractivity contribution is 5.78. The Kier molecular flexibility index (Phi) is 4.99. The van der Waals surface area contributed by atoms with Crippen LogP contribution in [0.25, 0.3) is 0 Å². The van der Waals surface area contributed by atoms with E-state index in [1.165, 1.54) is 25.7 Å². The van der Waals surface area contributed by atoms with E-state index < -0.39 is 0 Å². The third-order valence-electron chi connectivity index (χ3n) is 3.27. The molecule has 1 saturated carbocycles. The Hall–Kier alpha value is -0.530. The lowest BCUT2D eigenvalue weighted by atomic mass is 9.80. The molecule has 0 aromatic rings. The number of amides is 1. The summed E-state index contributed by atoms with van der Waals surface area (Å²) in [6, 6.07) is 0. The van der Waals surface area contributed by atoms with E-state index >= 15 is 0 Å². The largest absolute Gasteiger partial charge is 0.356 e. The van der Waals surface area contributed by atoms with Crippen LogP contribution in [0.3, 0.4) is 0 Å². The molecular formula is C12H23NO. The Labute approximate surface area is 87.5 Å². The quantitative estimate of drug-likeness (QED) is 0.737. The van der Waals surface area contributed by atoms with Gasteiger partial charge >= 0.3 is 0 Å². The number of rotatable bonds is 4. The van der Waals surface area contributed by atoms with E-state index in [4.69, 9.17) is 0 Å². The first-order chi connectivity index (χ1) is 6.77. The van der Waals surface area contributed by atoms with Crippen molar-refractivity contribution in [3.05, 3.63) is 0 Å². The van der Waals surface area contributed by atoms with Crippen LogP contribution in [0.2, 0.25) is 0 Å². The highest BCUT2D eigenvalue weighted by Crippen LogP contribution is 2.31. The molecule has 0 bridgehead atoms. The molecule has 0 aliphatic heterocycles. The summed E-state index contributed by atoms with van der Waals surface area (Å²) in [5.74, 6) is 1.48. The molecule has 1 rings (SSSR count). The normalized spacial score (nSPS) is 27.3. The van der Waals surface area contributed by atoms with Crippen LogP contribution in [0.4, 0.5) is 0 Å². The van der Waals surface area contributed by atoms with E-state index in [1.807, 2.05) is 6.92 Å². The number of carbonyl (C=O) groups is 1. The summed E-state index contributed by atoms with van der Waals surface area (Å²) in [7, 11) is 0. The minimum atomic E-state index is 0.280. The first-order valence-electron chi connectivity index (χ1n) is 6.05. The van der Waals surface area contributed by atoms with Crippen LogP contribution in [0.5, 0.6) is 0 Å². The van der Waals surface area contributed by atoms with Gasteiger partial charge in [0.25, 0.3) is 0 Å². The average molecular weight is 197 g/mol. The third-order valence-corrected chi connectivity index (χ3v) is 3.27. The van der Waals surface area contributed by atoms with Crippen LogP contribution < -0.4 is 5.32 Å². The lowest BCUT2D eigenvalue weighted by Crippen LogP contribution is -2.32. The zero-order valence-electron chi connectivity index (χ0n) is 9.51. The van der Waals surface area contributed by atoms with Gasteiger partial charge in [-0.25, -0.2) is 0 Å². The Morgan fingerprint density at radius 3 is 2.36 bits per heavy atom. The molecule has 1 N–H and O–H groups in total. The summed E-state index contributed by atoms with van der Waals surface area (Å²) in [6.07, 6.45) is 7.37. The smallest absolute Gasteiger partial charge is 0.223 e. The Morgan fingerprint density at radius 1 is 1.21 bits per heavy atom. The minimum absolute atomic E-state index is 0.280. The molecule has 0 saturated heterocycles. The van der Waals surface area contributed by atoms with Crippen LogP contribution in [-0.2, 0) is 4.79 Å². The molecule has 1 fully saturated rings. The maximum Gasteiger partial charge on any atom is 0.223 e. The molecule has 1 aliphatic carbocycles. The molecule has 0 heterocycles. The molecule has 1 amide bonds. The molecule has 82 valence electrons. The number of hydrogen-bond acceptors (Lipinski definition) is 1. The van der Waals surface area contributed by atoms with Crippen molar-refractivity contribution in [1.82, 2.24) is 5.32 Å². The van der Waals surface area contributed by atoms with Crippen LogP contribution in [0.15, 0.2) is 0 Å². The van der Waals surface area contributed by atoms with Gasteiger partial charge < -0.3 is 5.32 Å². The SMILES string of the molecule is CCCC1CCC(C(=O)NCC)CC1. The van der Waals surface area contributed by atoms with Gasteiger partial charge in [-0.1, -0.05) is 19.8 Å². The standard InChI is InChI=1S/C12H23NO/c1-3-5-10-6-8-11(9-7-10)12(14)13-4-2/h10-11H,3-9H2,1-2H3,(H,13,14). The van der Waals surface area contributed by atoms with Gasteiger partial charge in [0, 0.05) is 12.5 Å². The van der Waals surface area contributed by atoms with Gasteiger partial charge in [-0.3, -0.25) is 4.79 Å². The molecule has 1 aliphatic rings. The van der Waals surface area contributed by atoms with E-state index in [1.54, 1.807) is 0 Å². The molecule has 2 nitrogen and oxygen atoms in total. The molecule has 0 aromatic carbocycles. The lowest BCUT2D eigenvalue weighted by Gasteiger charge is -2.27.